The van der Waals surface area contributed by atoms with Crippen LogP contribution in [-0.2, 0) is 21.9 Å². The molecule has 3 aromatic rings. The highest BCUT2D eigenvalue weighted by Gasteiger charge is 2.60. The van der Waals surface area contributed by atoms with Gasteiger partial charge in [0.05, 0.1) is 6.61 Å². The Balaban J connectivity index is 1.64. The Kier molecular flexibility index (Phi) is 3.59. The SMILES string of the molecule is OC1OC1(OCc1ccc(Cl)cc1)c1c[nH]c2ccc(Cl)cc12. The molecule has 4 rings (SSSR count). The Morgan fingerprint density at radius 1 is 1.13 bits per heavy atom. The number of hydrogen-bond acceptors (Lipinski definition) is 3. The maximum Gasteiger partial charge on any atom is 0.252 e. The molecule has 1 fully saturated rings. The van der Waals surface area contributed by atoms with Crippen LogP contribution in [-0.4, -0.2) is 16.4 Å². The fourth-order valence-electron chi connectivity index (χ4n) is 2.66. The van der Waals surface area contributed by atoms with Gasteiger partial charge in [0.1, 0.15) is 0 Å². The normalized spacial score (nSPS) is 23.3. The average molecular weight is 350 g/mol. The lowest BCUT2D eigenvalue weighted by molar-refractivity contribution is -0.0606. The first-order valence-corrected chi connectivity index (χ1v) is 7.85. The van der Waals surface area contributed by atoms with Gasteiger partial charge in [-0.25, -0.2) is 0 Å². The zero-order valence-electron chi connectivity index (χ0n) is 11.9. The summed E-state index contributed by atoms with van der Waals surface area (Å²) < 4.78 is 11.3. The van der Waals surface area contributed by atoms with Crippen molar-refractivity contribution in [2.75, 3.05) is 0 Å². The Labute approximate surface area is 142 Å². The highest BCUT2D eigenvalue weighted by molar-refractivity contribution is 6.31. The summed E-state index contributed by atoms with van der Waals surface area (Å²) in [5.41, 5.74) is 2.58. The van der Waals surface area contributed by atoms with Gasteiger partial charge in [-0.05, 0) is 35.9 Å². The summed E-state index contributed by atoms with van der Waals surface area (Å²) in [6.45, 7) is 0.293. The second-order valence-electron chi connectivity index (χ2n) is 5.45. The van der Waals surface area contributed by atoms with Gasteiger partial charge in [-0.2, -0.15) is 0 Å². The van der Waals surface area contributed by atoms with E-state index in [-0.39, 0.29) is 0 Å². The summed E-state index contributed by atoms with van der Waals surface area (Å²) in [5, 5.41) is 12.1. The first kappa shape index (κ1) is 15.0. The molecular formula is C17H13Cl2NO3. The fourth-order valence-corrected chi connectivity index (χ4v) is 2.96. The summed E-state index contributed by atoms with van der Waals surface area (Å²) in [6, 6.07) is 12.8. The number of nitrogens with one attached hydrogen (secondary N) is 1. The van der Waals surface area contributed by atoms with E-state index in [2.05, 4.69) is 4.98 Å². The van der Waals surface area contributed by atoms with Crippen molar-refractivity contribution < 1.29 is 14.6 Å². The van der Waals surface area contributed by atoms with E-state index in [1.165, 1.54) is 0 Å². The van der Waals surface area contributed by atoms with Crippen LogP contribution in [0.2, 0.25) is 10.0 Å². The molecule has 1 aliphatic rings. The number of aromatic nitrogens is 1. The van der Waals surface area contributed by atoms with Gasteiger partial charge in [-0.3, -0.25) is 0 Å². The molecule has 0 aliphatic carbocycles. The molecular weight excluding hydrogens is 337 g/mol. The van der Waals surface area contributed by atoms with E-state index in [0.29, 0.717) is 16.7 Å². The van der Waals surface area contributed by atoms with E-state index in [9.17, 15) is 5.11 Å². The van der Waals surface area contributed by atoms with Crippen LogP contribution in [0.4, 0.5) is 0 Å². The number of fused-ring (bicyclic) bond motifs is 1. The molecule has 2 N–H and O–H groups in total. The number of aliphatic hydroxyl groups is 1. The van der Waals surface area contributed by atoms with Crippen molar-refractivity contribution >= 4 is 34.1 Å². The maximum atomic E-state index is 9.98. The van der Waals surface area contributed by atoms with Crippen molar-refractivity contribution in [3.05, 3.63) is 69.8 Å². The molecule has 23 heavy (non-hydrogen) atoms. The number of aliphatic hydroxyl groups excluding tert-OH is 1. The number of halogens is 2. The molecule has 1 aromatic heterocycles. The molecule has 1 aliphatic heterocycles. The molecule has 118 valence electrons. The van der Waals surface area contributed by atoms with Crippen LogP contribution in [0.15, 0.2) is 48.7 Å². The molecule has 0 bridgehead atoms. The number of H-pyrrole nitrogens is 1. The Hall–Kier alpha value is -1.56. The van der Waals surface area contributed by atoms with Gasteiger partial charge in [-0.1, -0.05) is 35.3 Å². The third kappa shape index (κ3) is 2.63. The number of benzene rings is 2. The number of aromatic amines is 1. The van der Waals surface area contributed by atoms with Crippen LogP contribution in [0.1, 0.15) is 11.1 Å². The highest BCUT2D eigenvalue weighted by Crippen LogP contribution is 2.49. The summed E-state index contributed by atoms with van der Waals surface area (Å²) in [5.74, 6) is -1.16. The standard InChI is InChI=1S/C17H13Cl2NO3/c18-11-3-1-10(2-4-11)9-22-17(16(21)23-17)14-8-20-15-6-5-12(19)7-13(14)15/h1-8,16,20-21H,9H2. The molecule has 2 aromatic carbocycles. The monoisotopic (exact) mass is 349 g/mol. The quantitative estimate of drug-likeness (QED) is 0.694. The summed E-state index contributed by atoms with van der Waals surface area (Å²) >= 11 is 11.9. The molecule has 6 heteroatoms. The molecule has 0 saturated carbocycles. The van der Waals surface area contributed by atoms with E-state index in [4.69, 9.17) is 32.7 Å². The van der Waals surface area contributed by atoms with Crippen LogP contribution in [0.25, 0.3) is 10.9 Å². The van der Waals surface area contributed by atoms with E-state index < -0.39 is 12.1 Å². The van der Waals surface area contributed by atoms with Gasteiger partial charge < -0.3 is 19.6 Å². The number of epoxide rings is 1. The minimum absolute atomic E-state index is 0.293. The van der Waals surface area contributed by atoms with Crippen LogP contribution in [0.3, 0.4) is 0 Å². The van der Waals surface area contributed by atoms with Crippen molar-refractivity contribution in [3.8, 4) is 0 Å². The Bertz CT molecular complexity index is 862. The topological polar surface area (TPSA) is 57.8 Å². The van der Waals surface area contributed by atoms with E-state index >= 15 is 0 Å². The minimum Gasteiger partial charge on any atom is -0.363 e. The lowest BCUT2D eigenvalue weighted by atomic mass is 10.1. The molecule has 2 unspecified atom stereocenters. The molecule has 2 heterocycles. The summed E-state index contributed by atoms with van der Waals surface area (Å²) in [6.07, 6.45) is 0.770. The predicted molar refractivity (Wildman–Crippen MR) is 88.3 cm³/mol. The van der Waals surface area contributed by atoms with Crippen LogP contribution < -0.4 is 0 Å². The average Bonchev–Trinajstić information content (AvgIpc) is 3.01. The molecule has 4 nitrogen and oxygen atoms in total. The second kappa shape index (κ2) is 5.51. The van der Waals surface area contributed by atoms with Gasteiger partial charge in [0.2, 0.25) is 6.29 Å². The summed E-state index contributed by atoms with van der Waals surface area (Å²) in [7, 11) is 0. The first-order valence-electron chi connectivity index (χ1n) is 7.10. The van der Waals surface area contributed by atoms with Crippen molar-refractivity contribution in [1.82, 2.24) is 4.98 Å². The molecule has 0 amide bonds. The smallest absolute Gasteiger partial charge is 0.252 e. The number of ether oxygens (including phenoxy) is 2. The van der Waals surface area contributed by atoms with Gasteiger partial charge in [0.25, 0.3) is 5.79 Å². The lowest BCUT2D eigenvalue weighted by Gasteiger charge is -2.13. The van der Waals surface area contributed by atoms with Crippen molar-refractivity contribution in [2.45, 2.75) is 18.7 Å². The predicted octanol–water partition coefficient (Wildman–Crippen LogP) is 4.19. The van der Waals surface area contributed by atoms with Crippen molar-refractivity contribution in [1.29, 1.82) is 0 Å². The lowest BCUT2D eigenvalue weighted by Crippen LogP contribution is -2.17. The highest BCUT2D eigenvalue weighted by atomic mass is 35.5. The second-order valence-corrected chi connectivity index (χ2v) is 6.32. The Morgan fingerprint density at radius 2 is 1.83 bits per heavy atom. The number of hydrogen-bond donors (Lipinski definition) is 2. The van der Waals surface area contributed by atoms with Gasteiger partial charge in [-0.15, -0.1) is 0 Å². The molecule has 0 spiro atoms. The zero-order valence-corrected chi connectivity index (χ0v) is 13.4. The third-order valence-electron chi connectivity index (χ3n) is 3.94. The third-order valence-corrected chi connectivity index (χ3v) is 4.43. The molecule has 2 atom stereocenters. The number of rotatable bonds is 4. The van der Waals surface area contributed by atoms with Crippen LogP contribution in [0, 0.1) is 0 Å². The van der Waals surface area contributed by atoms with E-state index in [1.54, 1.807) is 24.4 Å². The van der Waals surface area contributed by atoms with E-state index in [1.807, 2.05) is 24.3 Å². The Morgan fingerprint density at radius 3 is 2.52 bits per heavy atom. The fraction of sp³-hybridized carbons (Fsp3) is 0.176. The van der Waals surface area contributed by atoms with Crippen LogP contribution in [0.5, 0.6) is 0 Å². The minimum atomic E-state index is -1.16. The largest absolute Gasteiger partial charge is 0.363 e. The molecule has 0 radical (unpaired) electrons. The molecule has 1 saturated heterocycles. The van der Waals surface area contributed by atoms with E-state index in [0.717, 1.165) is 22.0 Å². The van der Waals surface area contributed by atoms with Gasteiger partial charge in [0, 0.05) is 32.7 Å². The van der Waals surface area contributed by atoms with Crippen LogP contribution >= 0.6 is 23.2 Å². The van der Waals surface area contributed by atoms with Crippen molar-refractivity contribution in [2.24, 2.45) is 0 Å². The summed E-state index contributed by atoms with van der Waals surface area (Å²) in [4.78, 5) is 3.14. The van der Waals surface area contributed by atoms with Gasteiger partial charge in [0.15, 0.2) is 0 Å². The van der Waals surface area contributed by atoms with Gasteiger partial charge >= 0.3 is 0 Å². The zero-order chi connectivity index (χ0) is 16.0. The van der Waals surface area contributed by atoms with Crippen molar-refractivity contribution in [3.63, 3.8) is 0 Å². The first-order chi connectivity index (χ1) is 11.1. The maximum absolute atomic E-state index is 9.98.